The van der Waals surface area contributed by atoms with E-state index in [-0.39, 0.29) is 18.4 Å². The summed E-state index contributed by atoms with van der Waals surface area (Å²) < 4.78 is 5.93. The van der Waals surface area contributed by atoms with Crippen LogP contribution in [0.15, 0.2) is 27.8 Å². The predicted octanol–water partition coefficient (Wildman–Crippen LogP) is 0.173. The summed E-state index contributed by atoms with van der Waals surface area (Å²) in [6.07, 6.45) is -0.293. The summed E-state index contributed by atoms with van der Waals surface area (Å²) in [5.74, 6) is -0.686. The number of nitrogens with zero attached hydrogens (tertiary/aromatic N) is 1. The number of aliphatic carboxylic acids is 1. The molecule has 0 aliphatic rings. The molecule has 0 aliphatic carbocycles. The van der Waals surface area contributed by atoms with Crippen molar-refractivity contribution in [3.05, 3.63) is 39.0 Å². The van der Waals surface area contributed by atoms with Crippen LogP contribution in [0, 0.1) is 0 Å². The maximum atomic E-state index is 12.1. The summed E-state index contributed by atoms with van der Waals surface area (Å²) in [6.45, 7) is -0.170. The molecule has 2 rings (SSSR count). The van der Waals surface area contributed by atoms with Crippen LogP contribution < -0.4 is 16.0 Å². The van der Waals surface area contributed by atoms with Gasteiger partial charge in [-0.1, -0.05) is 6.07 Å². The van der Waals surface area contributed by atoms with Crippen LogP contribution in [-0.4, -0.2) is 27.7 Å². The fourth-order valence-corrected chi connectivity index (χ4v) is 1.83. The van der Waals surface area contributed by atoms with E-state index in [2.05, 4.69) is 4.98 Å². The highest BCUT2D eigenvalue weighted by Crippen LogP contribution is 2.19. The molecule has 0 unspecified atom stereocenters. The van der Waals surface area contributed by atoms with Gasteiger partial charge in [0.25, 0.3) is 5.56 Å². The van der Waals surface area contributed by atoms with Gasteiger partial charge in [-0.2, -0.15) is 0 Å². The minimum Gasteiger partial charge on any atom is -0.495 e. The van der Waals surface area contributed by atoms with E-state index in [4.69, 9.17) is 9.84 Å². The predicted molar refractivity (Wildman–Crippen MR) is 67.6 cm³/mol. The molecule has 0 aliphatic heterocycles. The van der Waals surface area contributed by atoms with Crippen LogP contribution >= 0.6 is 0 Å². The lowest BCUT2D eigenvalue weighted by Gasteiger charge is -2.07. The zero-order valence-electron chi connectivity index (χ0n) is 10.2. The van der Waals surface area contributed by atoms with Crippen LogP contribution in [0.25, 0.3) is 10.9 Å². The van der Waals surface area contributed by atoms with Crippen LogP contribution in [0.4, 0.5) is 0 Å². The second-order valence-corrected chi connectivity index (χ2v) is 3.91. The topological polar surface area (TPSA) is 101 Å². The number of fused-ring (bicyclic) bond motifs is 1. The number of carboxylic acids is 1. The molecular weight excluding hydrogens is 252 g/mol. The van der Waals surface area contributed by atoms with Gasteiger partial charge in [-0.15, -0.1) is 0 Å². The molecule has 7 heteroatoms. The van der Waals surface area contributed by atoms with Gasteiger partial charge in [0, 0.05) is 6.54 Å². The lowest BCUT2D eigenvalue weighted by molar-refractivity contribution is -0.137. The number of H-pyrrole nitrogens is 1. The highest BCUT2D eigenvalue weighted by atomic mass is 16.5. The minimum absolute atomic E-state index is 0.170. The Morgan fingerprint density at radius 3 is 2.79 bits per heavy atom. The maximum Gasteiger partial charge on any atom is 0.328 e. The SMILES string of the molecule is COc1cccc2c(=O)n(CCC(=O)O)c(=O)[nH]c12. The molecule has 1 aromatic carbocycles. The molecule has 0 saturated heterocycles. The molecule has 1 heterocycles. The number of para-hydroxylation sites is 1. The highest BCUT2D eigenvalue weighted by Gasteiger charge is 2.11. The van der Waals surface area contributed by atoms with Crippen LogP contribution in [-0.2, 0) is 11.3 Å². The molecule has 7 nitrogen and oxygen atoms in total. The van der Waals surface area contributed by atoms with Gasteiger partial charge in [0.05, 0.1) is 24.4 Å². The Hall–Kier alpha value is -2.57. The van der Waals surface area contributed by atoms with Crippen LogP contribution in [0.1, 0.15) is 6.42 Å². The highest BCUT2D eigenvalue weighted by molar-refractivity contribution is 5.83. The molecule has 1 aromatic heterocycles. The van der Waals surface area contributed by atoms with Crippen LogP contribution in [0.2, 0.25) is 0 Å². The molecule has 2 N–H and O–H groups in total. The molecule has 100 valence electrons. The zero-order chi connectivity index (χ0) is 14.0. The molecule has 19 heavy (non-hydrogen) atoms. The number of aromatic nitrogens is 2. The van der Waals surface area contributed by atoms with E-state index in [9.17, 15) is 14.4 Å². The van der Waals surface area contributed by atoms with Gasteiger partial charge < -0.3 is 14.8 Å². The van der Waals surface area contributed by atoms with Crippen molar-refractivity contribution < 1.29 is 14.6 Å². The summed E-state index contributed by atoms with van der Waals surface area (Å²) in [6, 6.07) is 4.80. The number of hydrogen-bond donors (Lipinski definition) is 2. The van der Waals surface area contributed by atoms with E-state index in [0.29, 0.717) is 11.3 Å². The van der Waals surface area contributed by atoms with Crippen LogP contribution in [0.3, 0.4) is 0 Å². The first kappa shape index (κ1) is 12.9. The van der Waals surface area contributed by atoms with Crippen molar-refractivity contribution in [1.82, 2.24) is 9.55 Å². The Kier molecular flexibility index (Phi) is 3.37. The molecule has 0 spiro atoms. The van der Waals surface area contributed by atoms with E-state index in [0.717, 1.165) is 4.57 Å². The molecule has 0 saturated carbocycles. The number of benzene rings is 1. The lowest BCUT2D eigenvalue weighted by atomic mass is 10.2. The van der Waals surface area contributed by atoms with Crippen molar-refractivity contribution in [1.29, 1.82) is 0 Å². The van der Waals surface area contributed by atoms with E-state index < -0.39 is 17.2 Å². The molecule has 0 amide bonds. The third-order valence-electron chi connectivity index (χ3n) is 2.75. The maximum absolute atomic E-state index is 12.1. The summed E-state index contributed by atoms with van der Waals surface area (Å²) in [5, 5.41) is 8.89. The first-order chi connectivity index (χ1) is 9.04. The van der Waals surface area contributed by atoms with Gasteiger partial charge in [-0.25, -0.2) is 4.79 Å². The van der Waals surface area contributed by atoms with Gasteiger partial charge in [0.2, 0.25) is 0 Å². The number of carbonyl (C=O) groups is 1. The average molecular weight is 264 g/mol. The van der Waals surface area contributed by atoms with Gasteiger partial charge >= 0.3 is 11.7 Å². The summed E-state index contributed by atoms with van der Waals surface area (Å²) in [5.41, 5.74) is -0.867. The van der Waals surface area contributed by atoms with Crippen molar-refractivity contribution in [2.75, 3.05) is 7.11 Å². The Bertz CT molecular complexity index is 744. The molecule has 2 aromatic rings. The van der Waals surface area contributed by atoms with Crippen molar-refractivity contribution in [2.45, 2.75) is 13.0 Å². The Labute approximate surface area is 107 Å². The Balaban J connectivity index is 2.66. The second-order valence-electron chi connectivity index (χ2n) is 3.91. The monoisotopic (exact) mass is 264 g/mol. The lowest BCUT2D eigenvalue weighted by Crippen LogP contribution is -2.35. The zero-order valence-corrected chi connectivity index (χ0v) is 10.2. The Morgan fingerprint density at radius 1 is 1.42 bits per heavy atom. The number of nitrogens with one attached hydrogen (secondary N) is 1. The normalized spacial score (nSPS) is 10.6. The first-order valence-corrected chi connectivity index (χ1v) is 5.56. The van der Waals surface area contributed by atoms with Crippen LogP contribution in [0.5, 0.6) is 5.75 Å². The minimum atomic E-state index is -1.07. The van der Waals surface area contributed by atoms with Gasteiger partial charge in [0.1, 0.15) is 5.75 Å². The van der Waals surface area contributed by atoms with Crippen molar-refractivity contribution in [3.8, 4) is 5.75 Å². The van der Waals surface area contributed by atoms with E-state index in [1.165, 1.54) is 7.11 Å². The molecule has 0 fully saturated rings. The van der Waals surface area contributed by atoms with Crippen molar-refractivity contribution >= 4 is 16.9 Å². The number of rotatable bonds is 4. The van der Waals surface area contributed by atoms with E-state index >= 15 is 0 Å². The quantitative estimate of drug-likeness (QED) is 0.819. The van der Waals surface area contributed by atoms with Crippen molar-refractivity contribution in [2.24, 2.45) is 0 Å². The summed E-state index contributed by atoms with van der Waals surface area (Å²) in [4.78, 5) is 37.0. The van der Waals surface area contributed by atoms with Gasteiger partial charge in [-0.3, -0.25) is 14.2 Å². The first-order valence-electron chi connectivity index (χ1n) is 5.56. The average Bonchev–Trinajstić information content (AvgIpc) is 2.37. The number of hydrogen-bond acceptors (Lipinski definition) is 4. The molecular formula is C12H12N2O5. The Morgan fingerprint density at radius 2 is 2.16 bits per heavy atom. The van der Waals surface area contributed by atoms with E-state index in [1.807, 2.05) is 0 Å². The molecule has 0 radical (unpaired) electrons. The molecule has 0 bridgehead atoms. The van der Waals surface area contributed by atoms with E-state index in [1.54, 1.807) is 18.2 Å². The number of methoxy groups -OCH3 is 1. The fraction of sp³-hybridized carbons (Fsp3) is 0.250. The number of ether oxygens (including phenoxy) is 1. The second kappa shape index (κ2) is 4.97. The largest absolute Gasteiger partial charge is 0.495 e. The van der Waals surface area contributed by atoms with Crippen molar-refractivity contribution in [3.63, 3.8) is 0 Å². The third-order valence-corrected chi connectivity index (χ3v) is 2.75. The number of carboxylic acid groups (broad SMARTS) is 1. The van der Waals surface area contributed by atoms with Gasteiger partial charge in [-0.05, 0) is 12.1 Å². The number of aromatic amines is 1. The third kappa shape index (κ3) is 2.35. The summed E-state index contributed by atoms with van der Waals surface area (Å²) in [7, 11) is 1.43. The molecule has 0 atom stereocenters. The standard InChI is InChI=1S/C12H12N2O5/c1-19-8-4-2-3-7-10(8)13-12(18)14(11(7)17)6-5-9(15)16/h2-4H,5-6H2,1H3,(H,13,18)(H,15,16). The summed E-state index contributed by atoms with van der Waals surface area (Å²) >= 11 is 0. The fourth-order valence-electron chi connectivity index (χ4n) is 1.83. The smallest absolute Gasteiger partial charge is 0.328 e. The van der Waals surface area contributed by atoms with Gasteiger partial charge in [0.15, 0.2) is 0 Å².